The molecule has 4 nitrogen and oxygen atoms in total. The normalized spacial score (nSPS) is 16.4. The van der Waals surface area contributed by atoms with Crippen molar-refractivity contribution in [3.8, 4) is 0 Å². The maximum atomic E-state index is 13.8. The number of hydrogen-bond donors (Lipinski definition) is 0. The Morgan fingerprint density at radius 3 is 2.46 bits per heavy atom. The predicted octanol–water partition coefficient (Wildman–Crippen LogP) is 8.04. The van der Waals surface area contributed by atoms with Gasteiger partial charge in [0, 0.05) is 56.5 Å². The predicted molar refractivity (Wildman–Crippen MR) is 165 cm³/mol. The first-order valence-electron chi connectivity index (χ1n) is 13.9. The van der Waals surface area contributed by atoms with E-state index in [0.29, 0.717) is 12.1 Å². The minimum atomic E-state index is -0.238. The maximum Gasteiger partial charge on any atom is 0.258 e. The Kier molecular flexibility index (Phi) is 7.98. The Morgan fingerprint density at radius 1 is 1.00 bits per heavy atom. The fraction of sp³-hybridized carbons (Fsp3) is 0.235. The molecule has 6 rings (SSSR count). The molecule has 3 heterocycles. The molecule has 4 aromatic rings. The van der Waals surface area contributed by atoms with E-state index in [0.717, 1.165) is 64.2 Å². The number of anilines is 1. The Hall–Kier alpha value is -3.45. The first-order chi connectivity index (χ1) is 19.9. The van der Waals surface area contributed by atoms with Gasteiger partial charge >= 0.3 is 0 Å². The van der Waals surface area contributed by atoms with Gasteiger partial charge in [-0.15, -0.1) is 0 Å². The summed E-state index contributed by atoms with van der Waals surface area (Å²) in [4.78, 5) is 24.6. The van der Waals surface area contributed by atoms with Gasteiger partial charge in [0.15, 0.2) is 0 Å². The number of pyridine rings is 1. The van der Waals surface area contributed by atoms with Gasteiger partial charge in [-0.2, -0.15) is 0 Å². The van der Waals surface area contributed by atoms with Crippen LogP contribution in [0.1, 0.15) is 40.0 Å². The molecule has 0 aliphatic carbocycles. The topological polar surface area (TPSA) is 36.4 Å². The maximum absolute atomic E-state index is 13.8. The number of fused-ring (bicyclic) bond motifs is 2. The third kappa shape index (κ3) is 6.10. The zero-order valence-corrected chi connectivity index (χ0v) is 24.5. The molecule has 7 heteroatoms. The summed E-state index contributed by atoms with van der Waals surface area (Å²) >= 11 is 7.64. The van der Waals surface area contributed by atoms with E-state index in [1.54, 1.807) is 36.2 Å². The van der Waals surface area contributed by atoms with E-state index in [9.17, 15) is 9.18 Å². The Bertz CT molecular complexity index is 1580. The molecule has 1 fully saturated rings. The van der Waals surface area contributed by atoms with Crippen molar-refractivity contribution in [1.82, 2.24) is 9.88 Å². The zero-order valence-electron chi connectivity index (χ0n) is 22.9. The van der Waals surface area contributed by atoms with Gasteiger partial charge in [0.05, 0.1) is 0 Å². The molecule has 0 saturated carbocycles. The number of amides is 1. The van der Waals surface area contributed by atoms with E-state index in [1.807, 2.05) is 42.2 Å². The van der Waals surface area contributed by atoms with Crippen LogP contribution in [0.3, 0.4) is 0 Å². The second-order valence-electron chi connectivity index (χ2n) is 10.8. The molecule has 0 unspecified atom stereocenters. The van der Waals surface area contributed by atoms with Crippen LogP contribution in [0.2, 0.25) is 5.02 Å². The zero-order chi connectivity index (χ0) is 28.4. The number of benzene rings is 3. The van der Waals surface area contributed by atoms with Gasteiger partial charge in [-0.1, -0.05) is 47.6 Å². The Labute approximate surface area is 249 Å². The molecule has 3 aromatic carbocycles. The van der Waals surface area contributed by atoms with Crippen molar-refractivity contribution < 1.29 is 9.18 Å². The van der Waals surface area contributed by atoms with Crippen molar-refractivity contribution in [2.45, 2.75) is 35.0 Å². The van der Waals surface area contributed by atoms with E-state index in [-0.39, 0.29) is 17.1 Å². The molecule has 0 radical (unpaired) electrons. The summed E-state index contributed by atoms with van der Waals surface area (Å²) in [5.74, 6) is -0.224. The third-order valence-corrected chi connectivity index (χ3v) is 9.34. The van der Waals surface area contributed by atoms with Crippen LogP contribution in [0.15, 0.2) is 101 Å². The lowest BCUT2D eigenvalue weighted by Crippen LogP contribution is -2.46. The van der Waals surface area contributed by atoms with Gasteiger partial charge in [-0.25, -0.2) is 4.39 Å². The first-order valence-corrected chi connectivity index (χ1v) is 15.0. The molecule has 2 aliphatic heterocycles. The highest BCUT2D eigenvalue weighted by Crippen LogP contribution is 2.49. The number of nitrogens with zero attached hydrogens (tertiary/aromatic N) is 3. The molecule has 41 heavy (non-hydrogen) atoms. The molecule has 0 bridgehead atoms. The van der Waals surface area contributed by atoms with Gasteiger partial charge in [0.1, 0.15) is 5.82 Å². The summed E-state index contributed by atoms with van der Waals surface area (Å²) in [6.45, 7) is 5.37. The Morgan fingerprint density at radius 2 is 1.73 bits per heavy atom. The number of carbonyl (C=O) groups is 1. The fourth-order valence-corrected chi connectivity index (χ4v) is 6.85. The van der Waals surface area contributed by atoms with Crippen molar-refractivity contribution in [1.29, 1.82) is 0 Å². The number of carbonyl (C=O) groups excluding carboxylic acids is 1. The highest BCUT2D eigenvalue weighted by Gasteiger charge is 2.46. The minimum Gasteiger partial charge on any atom is -0.307 e. The van der Waals surface area contributed by atoms with Gasteiger partial charge in [-0.3, -0.25) is 14.7 Å². The van der Waals surface area contributed by atoms with Crippen molar-refractivity contribution in [3.63, 3.8) is 0 Å². The molecular weight excluding hydrogens is 553 g/mol. The summed E-state index contributed by atoms with van der Waals surface area (Å²) in [6, 6.07) is 24.5. The molecule has 208 valence electrons. The van der Waals surface area contributed by atoms with E-state index < -0.39 is 0 Å². The van der Waals surface area contributed by atoms with E-state index in [4.69, 9.17) is 11.6 Å². The van der Waals surface area contributed by atoms with Crippen molar-refractivity contribution >= 4 is 41.0 Å². The van der Waals surface area contributed by atoms with Crippen molar-refractivity contribution in [2.24, 2.45) is 0 Å². The highest BCUT2D eigenvalue weighted by molar-refractivity contribution is 7.99. The SMILES string of the molecule is Cc1cc(C(=O)N2CC3(CCN(C/C=C/c4ccc(Cl)cc4)CC3)c3cc(Sc4ccc(F)cc4)ccc32)ccn1. The number of hydrogen-bond acceptors (Lipinski definition) is 4. The molecule has 1 saturated heterocycles. The summed E-state index contributed by atoms with van der Waals surface area (Å²) in [7, 11) is 0. The Balaban J connectivity index is 1.24. The number of rotatable bonds is 6. The van der Waals surface area contributed by atoms with Gasteiger partial charge in [-0.05, 0) is 111 Å². The molecule has 0 N–H and O–H groups in total. The van der Waals surface area contributed by atoms with Crippen LogP contribution >= 0.6 is 23.4 Å². The summed E-state index contributed by atoms with van der Waals surface area (Å²) in [5, 5.41) is 0.742. The van der Waals surface area contributed by atoms with Crippen molar-refractivity contribution in [3.05, 3.63) is 124 Å². The average Bonchev–Trinajstić information content (AvgIpc) is 3.29. The minimum absolute atomic E-state index is 0.0147. The fourth-order valence-electron chi connectivity index (χ4n) is 5.87. The molecule has 2 aliphatic rings. The smallest absolute Gasteiger partial charge is 0.258 e. The number of likely N-dealkylation sites (tertiary alicyclic amines) is 1. The molecular formula is C34H31ClFN3OS. The van der Waals surface area contributed by atoms with Gasteiger partial charge in [0.2, 0.25) is 0 Å². The van der Waals surface area contributed by atoms with E-state index in [1.165, 1.54) is 17.7 Å². The number of aromatic nitrogens is 1. The standard InChI is InChI=1S/C34H31ClFN3OS/c1-24-21-26(14-17-37-24)33(40)39-23-34(15-19-38(20-16-34)18-2-3-25-4-6-27(35)7-5-25)31-22-30(12-13-32(31)39)41-29-10-8-28(36)9-11-29/h2-14,17,21-22H,15-16,18-20,23H2,1H3/b3-2+. The van der Waals surface area contributed by atoms with Gasteiger partial charge < -0.3 is 4.90 Å². The van der Waals surface area contributed by atoms with Crippen molar-refractivity contribution in [2.75, 3.05) is 31.1 Å². The lowest BCUT2D eigenvalue weighted by atomic mass is 9.74. The number of halogens is 2. The lowest BCUT2D eigenvalue weighted by molar-refractivity contribution is 0.0977. The summed E-state index contributed by atoms with van der Waals surface area (Å²) < 4.78 is 13.5. The quantitative estimate of drug-likeness (QED) is 0.230. The highest BCUT2D eigenvalue weighted by atomic mass is 35.5. The second-order valence-corrected chi connectivity index (χ2v) is 12.4. The summed E-state index contributed by atoms with van der Waals surface area (Å²) in [6.07, 6.45) is 8.00. The van der Waals surface area contributed by atoms with E-state index >= 15 is 0 Å². The van der Waals surface area contributed by atoms with Crippen LogP contribution in [0.4, 0.5) is 10.1 Å². The number of aryl methyl sites for hydroxylation is 1. The van der Waals surface area contributed by atoms with Crippen LogP contribution in [0, 0.1) is 12.7 Å². The van der Waals surface area contributed by atoms with Crippen LogP contribution in [0.5, 0.6) is 0 Å². The second kappa shape index (κ2) is 11.8. The largest absolute Gasteiger partial charge is 0.307 e. The van der Waals surface area contributed by atoms with Crippen LogP contribution in [0.25, 0.3) is 6.08 Å². The van der Waals surface area contributed by atoms with Gasteiger partial charge in [0.25, 0.3) is 5.91 Å². The van der Waals surface area contributed by atoms with E-state index in [2.05, 4.69) is 40.2 Å². The lowest BCUT2D eigenvalue weighted by Gasteiger charge is -2.39. The summed E-state index contributed by atoms with van der Waals surface area (Å²) in [5.41, 5.74) is 4.75. The van der Waals surface area contributed by atoms with Crippen LogP contribution in [-0.4, -0.2) is 42.0 Å². The molecule has 1 spiro atoms. The average molecular weight is 584 g/mol. The monoisotopic (exact) mass is 583 g/mol. The van der Waals surface area contributed by atoms with Crippen LogP contribution in [-0.2, 0) is 5.41 Å². The first kappa shape index (κ1) is 27.7. The molecule has 0 atom stereocenters. The molecule has 1 amide bonds. The molecule has 1 aromatic heterocycles. The third-order valence-electron chi connectivity index (χ3n) is 8.09. The van der Waals surface area contributed by atoms with Crippen LogP contribution < -0.4 is 4.90 Å². The number of piperidine rings is 1.